The van der Waals surface area contributed by atoms with Crippen molar-refractivity contribution in [1.82, 2.24) is 0 Å². The van der Waals surface area contributed by atoms with Gasteiger partial charge in [0.2, 0.25) is 0 Å². The first-order chi connectivity index (χ1) is 27.5. The Hall–Kier alpha value is -6.43. The molecule has 0 aromatic heterocycles. The Kier molecular flexibility index (Phi) is 9.46. The zero-order valence-electron chi connectivity index (χ0n) is 31.9. The highest BCUT2D eigenvalue weighted by Crippen LogP contribution is 2.38. The van der Waals surface area contributed by atoms with Crippen molar-refractivity contribution in [2.45, 2.75) is 23.9 Å². The lowest BCUT2D eigenvalue weighted by Gasteiger charge is -2.28. The van der Waals surface area contributed by atoms with Crippen molar-refractivity contribution in [3.63, 3.8) is 0 Å². The lowest BCUT2D eigenvalue weighted by Crippen LogP contribution is -2.30. The van der Waals surface area contributed by atoms with Crippen LogP contribution in [0, 0.1) is 22.9 Å². The lowest BCUT2D eigenvalue weighted by atomic mass is 9.89. The summed E-state index contributed by atoms with van der Waals surface area (Å²) in [4.78, 5) is 0. The number of hydrogen-bond donors (Lipinski definition) is 0. The highest BCUT2D eigenvalue weighted by atomic mass is 28.2. The molecule has 9 rings (SSSR count). The minimum Gasteiger partial charge on any atom is -0.133 e. The van der Waals surface area contributed by atoms with E-state index in [1.807, 2.05) is 0 Å². The van der Waals surface area contributed by atoms with E-state index in [-0.39, 0.29) is 10.1 Å². The van der Waals surface area contributed by atoms with Gasteiger partial charge in [0, 0.05) is 21.2 Å². The summed E-state index contributed by atoms with van der Waals surface area (Å²) in [5.41, 5.74) is 15.3. The number of benzene rings is 9. The van der Waals surface area contributed by atoms with Crippen LogP contribution in [0.5, 0.6) is 0 Å². The van der Waals surface area contributed by atoms with Crippen molar-refractivity contribution in [3.8, 4) is 22.9 Å². The average Bonchev–Trinajstić information content (AvgIpc) is 3.27. The molecule has 0 aliphatic heterocycles. The van der Waals surface area contributed by atoms with Gasteiger partial charge < -0.3 is 0 Å². The lowest BCUT2D eigenvalue weighted by molar-refractivity contribution is 0.813. The van der Waals surface area contributed by atoms with E-state index in [4.69, 9.17) is 0 Å². The van der Waals surface area contributed by atoms with E-state index in [0.29, 0.717) is 0 Å². The minimum atomic E-state index is -1.000. The van der Waals surface area contributed by atoms with Crippen LogP contribution in [0.25, 0.3) is 43.1 Å². The first-order valence-electron chi connectivity index (χ1n) is 19.5. The second-order valence-electron chi connectivity index (χ2n) is 15.3. The summed E-state index contributed by atoms with van der Waals surface area (Å²) in [5, 5.41) is 9.29. The molecule has 0 atom stereocenters. The fourth-order valence-corrected chi connectivity index (χ4v) is 11.4. The van der Waals surface area contributed by atoms with Crippen LogP contribution < -0.4 is 0 Å². The molecular formula is C54H42Si2. The molecule has 0 amide bonds. The standard InChI is InChI=1S/C54H42Si2/c1-53(43-23-7-3-8-24-43,44-25-9-4-10-26-44)55-33-31-47-49-35-39-19-15-17-21-41(39)37-51(49)48(52-38-42-22-18-16-20-40(42)36-50(47)52)32-34-56-54(2,45-27-11-5-12-28-45)46-29-13-6-14-30-46/h3-30,35-38H,55-56H2,1-2H3. The molecule has 0 bridgehead atoms. The summed E-state index contributed by atoms with van der Waals surface area (Å²) in [6.45, 7) is 4.77. The van der Waals surface area contributed by atoms with E-state index < -0.39 is 19.0 Å². The monoisotopic (exact) mass is 746 g/mol. The highest BCUT2D eigenvalue weighted by Gasteiger charge is 2.29. The summed E-state index contributed by atoms with van der Waals surface area (Å²) >= 11 is 0. The Morgan fingerprint density at radius 2 is 0.554 bits per heavy atom. The van der Waals surface area contributed by atoms with Crippen LogP contribution in [0.2, 0.25) is 0 Å². The Morgan fingerprint density at radius 3 is 0.804 bits per heavy atom. The highest BCUT2D eigenvalue weighted by molar-refractivity contribution is 6.52. The van der Waals surface area contributed by atoms with Crippen LogP contribution in [0.4, 0.5) is 0 Å². The van der Waals surface area contributed by atoms with Crippen molar-refractivity contribution < 1.29 is 0 Å². The normalized spacial score (nSPS) is 12.0. The van der Waals surface area contributed by atoms with Crippen molar-refractivity contribution in [1.29, 1.82) is 0 Å². The molecule has 2 heteroatoms. The summed E-state index contributed by atoms with van der Waals surface area (Å²) < 4.78 is 0. The fourth-order valence-electron chi connectivity index (χ4n) is 8.45. The maximum atomic E-state index is 3.90. The van der Waals surface area contributed by atoms with Gasteiger partial charge in [0.15, 0.2) is 0 Å². The summed E-state index contributed by atoms with van der Waals surface area (Å²) in [5.74, 6) is 7.76. The molecule has 0 aliphatic rings. The van der Waals surface area contributed by atoms with Crippen LogP contribution in [-0.2, 0) is 10.1 Å². The molecule has 266 valence electrons. The second-order valence-corrected chi connectivity index (χ2v) is 19.6. The Morgan fingerprint density at radius 1 is 0.321 bits per heavy atom. The minimum absolute atomic E-state index is 0.138. The van der Waals surface area contributed by atoms with E-state index in [2.05, 4.69) is 231 Å². The molecule has 56 heavy (non-hydrogen) atoms. The molecule has 0 N–H and O–H groups in total. The predicted octanol–water partition coefficient (Wildman–Crippen LogP) is 11.2. The number of hydrogen-bond acceptors (Lipinski definition) is 0. The molecule has 0 radical (unpaired) electrons. The maximum Gasteiger partial charge on any atom is 0.122 e. The molecule has 0 fully saturated rings. The summed E-state index contributed by atoms with van der Waals surface area (Å²) in [7, 11) is -2.00. The molecule has 9 aromatic rings. The Bertz CT molecular complexity index is 2600. The molecule has 0 heterocycles. The Balaban J connectivity index is 1.27. The van der Waals surface area contributed by atoms with Crippen molar-refractivity contribution >= 4 is 62.1 Å². The smallest absolute Gasteiger partial charge is 0.122 e. The first-order valence-corrected chi connectivity index (χ1v) is 22.3. The van der Waals surface area contributed by atoms with Gasteiger partial charge in [-0.2, -0.15) is 0 Å². The third kappa shape index (κ3) is 6.54. The van der Waals surface area contributed by atoms with Crippen molar-refractivity contribution in [2.75, 3.05) is 0 Å². The van der Waals surface area contributed by atoms with Gasteiger partial charge in [-0.3, -0.25) is 0 Å². The van der Waals surface area contributed by atoms with Gasteiger partial charge in [0.05, 0.1) is 0 Å². The largest absolute Gasteiger partial charge is 0.133 e. The van der Waals surface area contributed by atoms with Gasteiger partial charge in [-0.25, -0.2) is 0 Å². The molecule has 0 saturated carbocycles. The van der Waals surface area contributed by atoms with Gasteiger partial charge >= 0.3 is 0 Å². The third-order valence-electron chi connectivity index (χ3n) is 11.8. The quantitative estimate of drug-likeness (QED) is 0.0903. The molecule has 0 unspecified atom stereocenters. The number of fused-ring (bicyclic) bond motifs is 4. The predicted molar refractivity (Wildman–Crippen MR) is 246 cm³/mol. The van der Waals surface area contributed by atoms with Crippen molar-refractivity contribution in [2.24, 2.45) is 0 Å². The van der Waals surface area contributed by atoms with Gasteiger partial charge in [0.1, 0.15) is 19.0 Å². The van der Waals surface area contributed by atoms with Crippen molar-refractivity contribution in [3.05, 3.63) is 228 Å². The summed E-state index contributed by atoms with van der Waals surface area (Å²) in [6.07, 6.45) is 0. The molecule has 9 aromatic carbocycles. The molecule has 0 spiro atoms. The van der Waals surface area contributed by atoms with Crippen LogP contribution in [0.15, 0.2) is 194 Å². The van der Waals surface area contributed by atoms with E-state index in [9.17, 15) is 0 Å². The van der Waals surface area contributed by atoms with Gasteiger partial charge in [0.25, 0.3) is 0 Å². The molecule has 0 aliphatic carbocycles. The van der Waals surface area contributed by atoms with Crippen LogP contribution in [-0.4, -0.2) is 19.0 Å². The van der Waals surface area contributed by atoms with Crippen LogP contribution in [0.1, 0.15) is 47.2 Å². The number of rotatable bonds is 6. The SMILES string of the molecule is CC([SiH2]C#Cc1c2cc3ccccc3cc2c(C#C[SiH2]C(C)(c2ccccc2)c2ccccc2)c2cc3ccccc3cc12)(c1ccccc1)c1ccccc1. The molecule has 0 saturated heterocycles. The van der Waals surface area contributed by atoms with E-state index in [0.717, 1.165) is 11.1 Å². The van der Waals surface area contributed by atoms with Gasteiger partial charge in [-0.1, -0.05) is 196 Å². The third-order valence-corrected chi connectivity index (χ3v) is 15.6. The maximum absolute atomic E-state index is 3.90. The van der Waals surface area contributed by atoms with Gasteiger partial charge in [-0.05, 0) is 89.6 Å². The zero-order chi connectivity index (χ0) is 38.0. The molecule has 0 nitrogen and oxygen atoms in total. The Labute approximate surface area is 334 Å². The average molecular weight is 747 g/mol. The summed E-state index contributed by atoms with van der Waals surface area (Å²) in [6, 6.07) is 70.6. The topological polar surface area (TPSA) is 0 Å². The van der Waals surface area contributed by atoms with Gasteiger partial charge in [-0.15, -0.1) is 11.1 Å². The second kappa shape index (κ2) is 15.0. The zero-order valence-corrected chi connectivity index (χ0v) is 34.7. The van der Waals surface area contributed by atoms with E-state index >= 15 is 0 Å². The van der Waals surface area contributed by atoms with E-state index in [1.54, 1.807) is 0 Å². The first kappa shape index (κ1) is 35.3. The van der Waals surface area contributed by atoms with Crippen LogP contribution >= 0.6 is 0 Å². The van der Waals surface area contributed by atoms with E-state index in [1.165, 1.54) is 65.3 Å². The molecular weight excluding hydrogens is 705 g/mol. The van der Waals surface area contributed by atoms with Crippen LogP contribution in [0.3, 0.4) is 0 Å². The fraction of sp³-hybridized carbons (Fsp3) is 0.0741.